The number of nitrogens with zero attached hydrogens (tertiary/aromatic N) is 1. The number of carbonyl (C=O) groups excluding carboxylic acids is 3. The van der Waals surface area contributed by atoms with Crippen LogP contribution in [-0.4, -0.2) is 41.6 Å². The van der Waals surface area contributed by atoms with Crippen molar-refractivity contribution in [1.82, 2.24) is 15.8 Å². The molecule has 3 rings (SSSR count). The van der Waals surface area contributed by atoms with Crippen molar-refractivity contribution in [1.29, 1.82) is 0 Å². The fraction of sp³-hybridized carbons (Fsp3) is 0.591. The van der Waals surface area contributed by atoms with Crippen LogP contribution in [0.2, 0.25) is 0 Å². The lowest BCUT2D eigenvalue weighted by atomic mass is 9.75. The first kappa shape index (κ1) is 21.3. The van der Waals surface area contributed by atoms with Crippen LogP contribution in [-0.2, 0) is 4.74 Å². The van der Waals surface area contributed by atoms with Gasteiger partial charge in [-0.2, -0.15) is 5.01 Å². The van der Waals surface area contributed by atoms with E-state index < -0.39 is 11.8 Å². The number of aldehydes is 1. The highest BCUT2D eigenvalue weighted by molar-refractivity contribution is 6.01. The largest absolute Gasteiger partial charge is 0.449 e. The number of hydrogen-bond donors (Lipinski definition) is 2. The first-order valence-corrected chi connectivity index (χ1v) is 10.4. The van der Waals surface area contributed by atoms with Crippen LogP contribution in [0, 0.1) is 11.3 Å². The summed E-state index contributed by atoms with van der Waals surface area (Å²) in [5, 5.41) is 4.88. The molecule has 3 unspecified atom stereocenters. The number of amides is 2. The van der Waals surface area contributed by atoms with Crippen LogP contribution in [0.4, 0.5) is 4.79 Å². The molecule has 7 nitrogen and oxygen atoms in total. The molecule has 2 fully saturated rings. The summed E-state index contributed by atoms with van der Waals surface area (Å²) in [6.45, 7) is 8.70. The number of hydrazine groups is 1. The van der Waals surface area contributed by atoms with E-state index in [0.29, 0.717) is 24.0 Å². The Morgan fingerprint density at radius 2 is 2.07 bits per heavy atom. The van der Waals surface area contributed by atoms with Crippen LogP contribution in [0.15, 0.2) is 24.3 Å². The first-order valence-electron chi connectivity index (χ1n) is 10.4. The van der Waals surface area contributed by atoms with Gasteiger partial charge in [-0.1, -0.05) is 65.2 Å². The lowest BCUT2D eigenvalue weighted by molar-refractivity contribution is 0.0720. The number of nitrogens with one attached hydrogen (secondary N) is 2. The van der Waals surface area contributed by atoms with Gasteiger partial charge in [0.05, 0.1) is 18.2 Å². The van der Waals surface area contributed by atoms with Crippen molar-refractivity contribution in [2.45, 2.75) is 65.1 Å². The second kappa shape index (κ2) is 8.14. The van der Waals surface area contributed by atoms with Crippen molar-refractivity contribution in [2.75, 3.05) is 6.61 Å². The number of alkyl carbamates (subject to hydrolysis) is 1. The normalized spacial score (nSPS) is 30.1. The van der Waals surface area contributed by atoms with Crippen molar-refractivity contribution in [3.05, 3.63) is 35.4 Å². The molecule has 7 heteroatoms. The van der Waals surface area contributed by atoms with Gasteiger partial charge in [-0.3, -0.25) is 20.3 Å². The smallest absolute Gasteiger partial charge is 0.408 e. The van der Waals surface area contributed by atoms with Crippen molar-refractivity contribution in [3.8, 4) is 0 Å². The third kappa shape index (κ3) is 3.88. The monoisotopic (exact) mass is 401 g/mol. The fourth-order valence-electron chi connectivity index (χ4n) is 4.37. The van der Waals surface area contributed by atoms with Crippen molar-refractivity contribution in [3.63, 3.8) is 0 Å². The molecular formula is C22H31N3O4. The molecule has 1 spiro atoms. The number of unbranched alkanes of at least 4 members (excludes halogenated alkanes) is 2. The Morgan fingerprint density at radius 3 is 2.76 bits per heavy atom. The molecule has 2 N–H and O–H groups in total. The van der Waals surface area contributed by atoms with E-state index in [9.17, 15) is 14.4 Å². The van der Waals surface area contributed by atoms with E-state index in [1.807, 2.05) is 5.01 Å². The van der Waals surface area contributed by atoms with E-state index in [-0.39, 0.29) is 23.3 Å². The fourth-order valence-corrected chi connectivity index (χ4v) is 4.37. The Kier molecular flexibility index (Phi) is 5.98. The van der Waals surface area contributed by atoms with Crippen molar-refractivity contribution in [2.24, 2.45) is 11.3 Å². The zero-order valence-electron chi connectivity index (χ0n) is 17.7. The number of carbonyl (C=O) groups is 3. The summed E-state index contributed by atoms with van der Waals surface area (Å²) in [5.41, 5.74) is 2.66. The van der Waals surface area contributed by atoms with Crippen LogP contribution in [0.1, 0.15) is 74.1 Å². The maximum Gasteiger partial charge on any atom is 0.408 e. The van der Waals surface area contributed by atoms with Gasteiger partial charge >= 0.3 is 6.09 Å². The van der Waals surface area contributed by atoms with Gasteiger partial charge in [0, 0.05) is 16.9 Å². The maximum atomic E-state index is 13.0. The van der Waals surface area contributed by atoms with E-state index in [0.717, 1.165) is 25.7 Å². The topological polar surface area (TPSA) is 87.5 Å². The first-order chi connectivity index (χ1) is 13.8. The van der Waals surface area contributed by atoms with Crippen LogP contribution >= 0.6 is 0 Å². The van der Waals surface area contributed by atoms with Gasteiger partial charge in [0.2, 0.25) is 0 Å². The Balaban J connectivity index is 1.89. The van der Waals surface area contributed by atoms with Gasteiger partial charge in [0.1, 0.15) is 5.66 Å². The molecule has 2 heterocycles. The summed E-state index contributed by atoms with van der Waals surface area (Å²) in [4.78, 5) is 36.6. The summed E-state index contributed by atoms with van der Waals surface area (Å²) in [7, 11) is 0. The number of cyclic esters (lactones) is 1. The second-order valence-electron chi connectivity index (χ2n) is 8.76. The predicted molar refractivity (Wildman–Crippen MR) is 109 cm³/mol. The van der Waals surface area contributed by atoms with E-state index in [4.69, 9.17) is 4.74 Å². The van der Waals surface area contributed by atoms with Gasteiger partial charge in [-0.25, -0.2) is 4.79 Å². The summed E-state index contributed by atoms with van der Waals surface area (Å²) in [6, 6.07) is 6.67. The molecule has 2 saturated heterocycles. The van der Waals surface area contributed by atoms with Crippen LogP contribution in [0.25, 0.3) is 0 Å². The van der Waals surface area contributed by atoms with E-state index in [1.165, 1.54) is 0 Å². The number of hydrogen-bond acceptors (Lipinski definition) is 5. The molecule has 0 saturated carbocycles. The summed E-state index contributed by atoms with van der Waals surface area (Å²) >= 11 is 0. The van der Waals surface area contributed by atoms with Gasteiger partial charge in [0.25, 0.3) is 5.91 Å². The SMILES string of the molecule is CCCCCC1N(NC(=O)c2ccccc2C=O)[C@@]12NC(=O)OCC(C)(C)C2C. The average Bonchev–Trinajstić information content (AvgIpc) is 3.32. The van der Waals surface area contributed by atoms with E-state index in [2.05, 4.69) is 38.4 Å². The molecule has 29 heavy (non-hydrogen) atoms. The molecule has 2 aliphatic heterocycles. The quantitative estimate of drug-likeness (QED) is 0.415. The molecule has 0 bridgehead atoms. The molecule has 0 aromatic heterocycles. The third-order valence-corrected chi connectivity index (χ3v) is 6.50. The maximum absolute atomic E-state index is 13.0. The Hall–Kier alpha value is -2.41. The second-order valence-corrected chi connectivity index (χ2v) is 8.76. The van der Waals surface area contributed by atoms with Gasteiger partial charge in [0.15, 0.2) is 6.29 Å². The Bertz CT molecular complexity index is 794. The number of ether oxygens (including phenoxy) is 1. The van der Waals surface area contributed by atoms with Gasteiger partial charge in [-0.05, 0) is 12.5 Å². The minimum absolute atomic E-state index is 0.0266. The molecule has 2 amide bonds. The highest BCUT2D eigenvalue weighted by Crippen LogP contribution is 2.52. The van der Waals surface area contributed by atoms with Crippen LogP contribution in [0.3, 0.4) is 0 Å². The zero-order chi connectivity index (χ0) is 21.2. The Labute approximate surface area is 172 Å². The molecule has 4 atom stereocenters. The lowest BCUT2D eigenvalue weighted by Crippen LogP contribution is -2.51. The molecule has 0 aliphatic carbocycles. The minimum atomic E-state index is -0.698. The summed E-state index contributed by atoms with van der Waals surface area (Å²) in [6.07, 6.45) is 4.25. The van der Waals surface area contributed by atoms with Crippen molar-refractivity contribution < 1.29 is 19.1 Å². The molecular weight excluding hydrogens is 370 g/mol. The number of rotatable bonds is 7. The van der Waals surface area contributed by atoms with E-state index >= 15 is 0 Å². The summed E-state index contributed by atoms with van der Waals surface area (Å²) < 4.78 is 5.38. The predicted octanol–water partition coefficient (Wildman–Crippen LogP) is 3.51. The molecule has 158 valence electrons. The van der Waals surface area contributed by atoms with Gasteiger partial charge < -0.3 is 4.74 Å². The molecule has 1 aromatic carbocycles. The molecule has 0 radical (unpaired) electrons. The number of benzene rings is 1. The van der Waals surface area contributed by atoms with Crippen molar-refractivity contribution >= 4 is 18.3 Å². The van der Waals surface area contributed by atoms with E-state index in [1.54, 1.807) is 24.3 Å². The highest BCUT2D eigenvalue weighted by Gasteiger charge is 2.70. The minimum Gasteiger partial charge on any atom is -0.449 e. The standard InChI is InChI=1S/C22H31N3O4/c1-5-6-7-12-18-22(15(2)21(3,4)14-29-20(28)23-22)25(18)24-19(27)17-11-9-8-10-16(17)13-26/h8-11,13,15,18H,5-7,12,14H2,1-4H3,(H,23,28)(H,24,27)/t15?,18?,22-,25?/m1/s1. The Morgan fingerprint density at radius 1 is 1.34 bits per heavy atom. The highest BCUT2D eigenvalue weighted by atomic mass is 16.6. The molecule has 2 aliphatic rings. The van der Waals surface area contributed by atoms with Gasteiger partial charge in [-0.15, -0.1) is 0 Å². The third-order valence-electron chi connectivity index (χ3n) is 6.50. The average molecular weight is 402 g/mol. The molecule has 1 aromatic rings. The lowest BCUT2D eigenvalue weighted by Gasteiger charge is -2.33. The zero-order valence-corrected chi connectivity index (χ0v) is 17.7. The van der Waals surface area contributed by atoms with Crippen LogP contribution in [0.5, 0.6) is 0 Å². The summed E-state index contributed by atoms with van der Waals surface area (Å²) in [5.74, 6) is -0.316. The van der Waals surface area contributed by atoms with Crippen LogP contribution < -0.4 is 10.7 Å².